The Hall–Kier alpha value is -1.44. The van der Waals surface area contributed by atoms with Gasteiger partial charge in [-0.1, -0.05) is 43.2 Å². The first-order valence-corrected chi connectivity index (χ1v) is 6.38. The highest BCUT2D eigenvalue weighted by atomic mass is 16.1. The van der Waals surface area contributed by atoms with E-state index in [4.69, 9.17) is 0 Å². The van der Waals surface area contributed by atoms with E-state index in [9.17, 15) is 9.59 Å². The monoisotopic (exact) mass is 230 g/mol. The minimum atomic E-state index is -0.0368. The minimum absolute atomic E-state index is 0.0368. The summed E-state index contributed by atoms with van der Waals surface area (Å²) in [4.78, 5) is 23.8. The first-order chi connectivity index (χ1) is 8.27. The maximum Gasteiger partial charge on any atom is 0.163 e. The lowest BCUT2D eigenvalue weighted by molar-refractivity contribution is -0.122. The molecule has 1 aromatic rings. The average molecular weight is 230 g/mol. The highest BCUT2D eigenvalue weighted by molar-refractivity contribution is 5.98. The molecule has 0 saturated heterocycles. The van der Waals surface area contributed by atoms with Gasteiger partial charge in [0.05, 0.1) is 0 Å². The molecule has 1 fully saturated rings. The fraction of sp³-hybridized carbons (Fsp3) is 0.467. The van der Waals surface area contributed by atoms with Crippen molar-refractivity contribution in [2.45, 2.75) is 38.5 Å². The van der Waals surface area contributed by atoms with Gasteiger partial charge in [-0.2, -0.15) is 0 Å². The predicted octanol–water partition coefficient (Wildman–Crippen LogP) is 3.41. The Morgan fingerprint density at radius 3 is 2.65 bits per heavy atom. The van der Waals surface area contributed by atoms with Gasteiger partial charge in [0.15, 0.2) is 5.78 Å². The van der Waals surface area contributed by atoms with Crippen molar-refractivity contribution in [2.24, 2.45) is 5.92 Å². The molecule has 1 aliphatic carbocycles. The van der Waals surface area contributed by atoms with Crippen LogP contribution in [0.1, 0.15) is 48.9 Å². The molecule has 0 radical (unpaired) electrons. The fourth-order valence-electron chi connectivity index (χ4n) is 2.41. The van der Waals surface area contributed by atoms with Gasteiger partial charge in [0, 0.05) is 24.3 Å². The van der Waals surface area contributed by atoms with Gasteiger partial charge >= 0.3 is 0 Å². The Morgan fingerprint density at radius 1 is 1.12 bits per heavy atom. The smallest absolute Gasteiger partial charge is 0.163 e. The molecule has 0 spiro atoms. The van der Waals surface area contributed by atoms with E-state index in [0.717, 1.165) is 31.2 Å². The van der Waals surface area contributed by atoms with Crippen LogP contribution in [0.5, 0.6) is 0 Å². The van der Waals surface area contributed by atoms with Crippen LogP contribution in [-0.4, -0.2) is 11.6 Å². The number of carbonyl (C=O) groups excluding carboxylic acids is 2. The zero-order valence-electron chi connectivity index (χ0n) is 10.0. The van der Waals surface area contributed by atoms with E-state index < -0.39 is 0 Å². The lowest BCUT2D eigenvalue weighted by atomic mass is 9.91. The molecule has 0 heterocycles. The van der Waals surface area contributed by atoms with E-state index >= 15 is 0 Å². The average Bonchev–Trinajstić information content (AvgIpc) is 2.56. The first kappa shape index (κ1) is 12.0. The normalized spacial score (nSPS) is 20.9. The van der Waals surface area contributed by atoms with Gasteiger partial charge in [-0.3, -0.25) is 9.59 Å². The zero-order chi connectivity index (χ0) is 12.1. The van der Waals surface area contributed by atoms with Crippen LogP contribution in [-0.2, 0) is 4.79 Å². The molecular weight excluding hydrogens is 212 g/mol. The molecule has 0 amide bonds. The Morgan fingerprint density at radius 2 is 1.88 bits per heavy atom. The van der Waals surface area contributed by atoms with Gasteiger partial charge < -0.3 is 0 Å². The third kappa shape index (κ3) is 3.26. The SMILES string of the molecule is O=C(C[C@H]1CCCCCC1=O)c1ccccc1. The van der Waals surface area contributed by atoms with E-state index in [2.05, 4.69) is 0 Å². The second kappa shape index (κ2) is 5.76. The van der Waals surface area contributed by atoms with Crippen LogP contribution >= 0.6 is 0 Å². The Kier molecular flexibility index (Phi) is 4.08. The number of hydrogen-bond acceptors (Lipinski definition) is 2. The summed E-state index contributed by atoms with van der Waals surface area (Å²) in [5.74, 6) is 0.350. The van der Waals surface area contributed by atoms with Crippen LogP contribution in [0.3, 0.4) is 0 Å². The van der Waals surface area contributed by atoms with Crippen LogP contribution in [0.4, 0.5) is 0 Å². The molecule has 2 rings (SSSR count). The number of Topliss-reactive ketones (excluding diaryl/α,β-unsaturated/α-hetero) is 2. The summed E-state index contributed by atoms with van der Waals surface area (Å²) in [6, 6.07) is 9.27. The number of carbonyl (C=O) groups is 2. The van der Waals surface area contributed by atoms with Crippen molar-refractivity contribution in [1.82, 2.24) is 0 Å². The van der Waals surface area contributed by atoms with E-state index in [-0.39, 0.29) is 17.5 Å². The van der Waals surface area contributed by atoms with Crippen LogP contribution < -0.4 is 0 Å². The van der Waals surface area contributed by atoms with Gasteiger partial charge in [-0.05, 0) is 12.8 Å². The van der Waals surface area contributed by atoms with Crippen molar-refractivity contribution in [2.75, 3.05) is 0 Å². The molecule has 1 aromatic carbocycles. The fourth-order valence-corrected chi connectivity index (χ4v) is 2.41. The predicted molar refractivity (Wildman–Crippen MR) is 67.0 cm³/mol. The molecule has 1 atom stereocenters. The number of rotatable bonds is 3. The summed E-state index contributed by atoms with van der Waals surface area (Å²) in [5, 5.41) is 0. The topological polar surface area (TPSA) is 34.1 Å². The zero-order valence-corrected chi connectivity index (χ0v) is 10.0. The maximum absolute atomic E-state index is 12.0. The van der Waals surface area contributed by atoms with Crippen molar-refractivity contribution in [3.63, 3.8) is 0 Å². The Labute approximate surface area is 102 Å². The summed E-state index contributed by atoms with van der Waals surface area (Å²) in [6.45, 7) is 0. The molecular formula is C15H18O2. The molecule has 90 valence electrons. The number of ketones is 2. The van der Waals surface area contributed by atoms with Gasteiger partial charge in [0.25, 0.3) is 0 Å². The minimum Gasteiger partial charge on any atom is -0.299 e. The van der Waals surface area contributed by atoms with Crippen molar-refractivity contribution in [3.8, 4) is 0 Å². The molecule has 1 aliphatic rings. The first-order valence-electron chi connectivity index (χ1n) is 6.38. The van der Waals surface area contributed by atoms with Crippen LogP contribution in [0.25, 0.3) is 0 Å². The molecule has 2 nitrogen and oxygen atoms in total. The molecule has 0 aliphatic heterocycles. The highest BCUT2D eigenvalue weighted by Gasteiger charge is 2.23. The van der Waals surface area contributed by atoms with Crippen molar-refractivity contribution >= 4 is 11.6 Å². The third-order valence-electron chi connectivity index (χ3n) is 3.46. The molecule has 0 N–H and O–H groups in total. The Bertz CT molecular complexity index is 395. The number of benzene rings is 1. The summed E-state index contributed by atoms with van der Waals surface area (Å²) in [5.41, 5.74) is 0.726. The largest absolute Gasteiger partial charge is 0.299 e. The van der Waals surface area contributed by atoms with Crippen LogP contribution in [0.15, 0.2) is 30.3 Å². The van der Waals surface area contributed by atoms with Gasteiger partial charge in [-0.15, -0.1) is 0 Å². The van der Waals surface area contributed by atoms with E-state index in [0.29, 0.717) is 12.8 Å². The summed E-state index contributed by atoms with van der Waals surface area (Å²) in [6.07, 6.45) is 5.14. The molecule has 1 saturated carbocycles. The van der Waals surface area contributed by atoms with E-state index in [1.165, 1.54) is 0 Å². The van der Waals surface area contributed by atoms with E-state index in [1.54, 1.807) is 0 Å². The standard InChI is InChI=1S/C15H18O2/c16-14-10-6-2-5-9-13(14)11-15(17)12-7-3-1-4-8-12/h1,3-4,7-8,13H,2,5-6,9-11H2/t13-/m1/s1. The summed E-state index contributed by atoms with van der Waals surface area (Å²) in [7, 11) is 0. The highest BCUT2D eigenvalue weighted by Crippen LogP contribution is 2.24. The van der Waals surface area contributed by atoms with Crippen molar-refractivity contribution < 1.29 is 9.59 Å². The van der Waals surface area contributed by atoms with Crippen molar-refractivity contribution in [1.29, 1.82) is 0 Å². The Balaban J connectivity index is 2.00. The lowest BCUT2D eigenvalue weighted by Crippen LogP contribution is -2.17. The third-order valence-corrected chi connectivity index (χ3v) is 3.46. The second-order valence-electron chi connectivity index (χ2n) is 4.76. The van der Waals surface area contributed by atoms with E-state index in [1.807, 2.05) is 30.3 Å². The molecule has 0 unspecified atom stereocenters. The van der Waals surface area contributed by atoms with Gasteiger partial charge in [0.2, 0.25) is 0 Å². The summed E-state index contributed by atoms with van der Waals surface area (Å²) < 4.78 is 0. The van der Waals surface area contributed by atoms with Gasteiger partial charge in [0.1, 0.15) is 5.78 Å². The molecule has 2 heteroatoms. The molecule has 0 bridgehead atoms. The maximum atomic E-state index is 12.0. The van der Waals surface area contributed by atoms with Crippen LogP contribution in [0, 0.1) is 5.92 Å². The lowest BCUT2D eigenvalue weighted by Gasteiger charge is -2.11. The number of hydrogen-bond donors (Lipinski definition) is 0. The van der Waals surface area contributed by atoms with Gasteiger partial charge in [-0.25, -0.2) is 0 Å². The summed E-state index contributed by atoms with van der Waals surface area (Å²) >= 11 is 0. The molecule has 0 aromatic heterocycles. The van der Waals surface area contributed by atoms with Crippen molar-refractivity contribution in [3.05, 3.63) is 35.9 Å². The molecule has 17 heavy (non-hydrogen) atoms. The van der Waals surface area contributed by atoms with Crippen LogP contribution in [0.2, 0.25) is 0 Å². The second-order valence-corrected chi connectivity index (χ2v) is 4.76. The quantitative estimate of drug-likeness (QED) is 0.589.